The molecule has 0 bridgehead atoms. The molecule has 0 N–H and O–H groups in total. The van der Waals surface area contributed by atoms with Gasteiger partial charge in [-0.25, -0.2) is 4.79 Å². The summed E-state index contributed by atoms with van der Waals surface area (Å²) in [7, 11) is 0. The first-order valence-electron chi connectivity index (χ1n) is 4.43. The molecule has 0 amide bonds. The van der Waals surface area contributed by atoms with Crippen molar-refractivity contribution in [2.45, 2.75) is 12.8 Å². The lowest BCUT2D eigenvalue weighted by atomic mass is 10.2. The van der Waals surface area contributed by atoms with Crippen LogP contribution >= 0.6 is 0 Å². The summed E-state index contributed by atoms with van der Waals surface area (Å²) in [5.41, 5.74) is 0.546. The minimum Gasteiger partial charge on any atom is -0.462 e. The summed E-state index contributed by atoms with van der Waals surface area (Å²) in [6, 6.07) is 10.8. The topological polar surface area (TPSA) is 50.1 Å². The van der Waals surface area contributed by atoms with Crippen LogP contribution in [0.4, 0.5) is 0 Å². The average Bonchev–Trinajstić information content (AvgIpc) is 2.25. The molecule has 3 nitrogen and oxygen atoms in total. The molecule has 3 heteroatoms. The van der Waals surface area contributed by atoms with Gasteiger partial charge >= 0.3 is 5.97 Å². The Hall–Kier alpha value is -1.82. The van der Waals surface area contributed by atoms with Gasteiger partial charge in [0.2, 0.25) is 0 Å². The molecule has 0 atom stereocenters. The molecule has 1 aromatic carbocycles. The first-order chi connectivity index (χ1) is 6.84. The van der Waals surface area contributed by atoms with Crippen molar-refractivity contribution < 1.29 is 9.53 Å². The van der Waals surface area contributed by atoms with Crippen LogP contribution in [0, 0.1) is 11.3 Å². The molecule has 72 valence electrons. The summed E-state index contributed by atoms with van der Waals surface area (Å²) in [6.45, 7) is 0.307. The van der Waals surface area contributed by atoms with Crippen molar-refractivity contribution in [1.29, 1.82) is 5.26 Å². The summed E-state index contributed by atoms with van der Waals surface area (Å²) in [5.74, 6) is -0.330. The lowest BCUT2D eigenvalue weighted by molar-refractivity contribution is 0.0501. The number of ether oxygens (including phenoxy) is 1. The number of hydrogen-bond acceptors (Lipinski definition) is 3. The molecule has 14 heavy (non-hydrogen) atoms. The molecule has 0 saturated heterocycles. The summed E-state index contributed by atoms with van der Waals surface area (Å²) in [4.78, 5) is 11.3. The van der Waals surface area contributed by atoms with Crippen molar-refractivity contribution in [3.05, 3.63) is 35.9 Å². The van der Waals surface area contributed by atoms with Crippen LogP contribution in [-0.4, -0.2) is 12.6 Å². The molecular weight excluding hydrogens is 178 g/mol. The lowest BCUT2D eigenvalue weighted by Gasteiger charge is -2.02. The molecular formula is C11H11NO2. The number of nitrogens with zero attached hydrogens (tertiary/aromatic N) is 1. The first kappa shape index (κ1) is 10.3. The third-order valence-corrected chi connectivity index (χ3v) is 1.68. The van der Waals surface area contributed by atoms with Gasteiger partial charge in [0.15, 0.2) is 0 Å². The Bertz CT molecular complexity index is 327. The first-order valence-corrected chi connectivity index (χ1v) is 4.43. The maximum absolute atomic E-state index is 11.3. The van der Waals surface area contributed by atoms with Crippen molar-refractivity contribution in [2.75, 3.05) is 6.61 Å². The number of hydrogen-bond donors (Lipinski definition) is 0. The second-order valence-corrected chi connectivity index (χ2v) is 2.76. The number of benzene rings is 1. The zero-order chi connectivity index (χ0) is 10.2. The maximum Gasteiger partial charge on any atom is 0.338 e. The van der Waals surface area contributed by atoms with Crippen LogP contribution in [-0.2, 0) is 4.74 Å². The van der Waals surface area contributed by atoms with Crippen LogP contribution in [0.3, 0.4) is 0 Å². The van der Waals surface area contributed by atoms with E-state index in [1.165, 1.54) is 0 Å². The molecule has 0 spiro atoms. The van der Waals surface area contributed by atoms with Gasteiger partial charge in [-0.05, 0) is 18.6 Å². The molecule has 0 radical (unpaired) electrons. The molecule has 0 aromatic heterocycles. The predicted octanol–water partition coefficient (Wildman–Crippen LogP) is 2.15. The van der Waals surface area contributed by atoms with E-state index < -0.39 is 0 Å². The van der Waals surface area contributed by atoms with E-state index in [9.17, 15) is 4.79 Å². The number of esters is 1. The fourth-order valence-electron chi connectivity index (χ4n) is 0.974. The second kappa shape index (κ2) is 5.76. The van der Waals surface area contributed by atoms with E-state index in [4.69, 9.17) is 10.00 Å². The number of rotatable bonds is 4. The van der Waals surface area contributed by atoms with E-state index in [0.717, 1.165) is 0 Å². The van der Waals surface area contributed by atoms with Gasteiger partial charge in [-0.2, -0.15) is 5.26 Å². The zero-order valence-electron chi connectivity index (χ0n) is 7.77. The van der Waals surface area contributed by atoms with Crippen LogP contribution < -0.4 is 0 Å². The Morgan fingerprint density at radius 3 is 2.71 bits per heavy atom. The highest BCUT2D eigenvalue weighted by Crippen LogP contribution is 2.01. The third kappa shape index (κ3) is 3.28. The van der Waals surface area contributed by atoms with Crippen LogP contribution in [0.25, 0.3) is 0 Å². The van der Waals surface area contributed by atoms with E-state index in [1.54, 1.807) is 24.3 Å². The molecule has 0 aliphatic heterocycles. The van der Waals surface area contributed by atoms with E-state index in [0.29, 0.717) is 25.0 Å². The van der Waals surface area contributed by atoms with Crippen LogP contribution in [0.1, 0.15) is 23.2 Å². The molecule has 0 aliphatic carbocycles. The quantitative estimate of drug-likeness (QED) is 0.538. The summed E-state index contributed by atoms with van der Waals surface area (Å²) >= 11 is 0. The normalized spacial score (nSPS) is 9.07. The van der Waals surface area contributed by atoms with Gasteiger partial charge in [0.05, 0.1) is 18.2 Å². The molecule has 1 aromatic rings. The third-order valence-electron chi connectivity index (χ3n) is 1.68. The van der Waals surface area contributed by atoms with Gasteiger partial charge in [0, 0.05) is 6.42 Å². The van der Waals surface area contributed by atoms with Crippen molar-refractivity contribution in [3.63, 3.8) is 0 Å². The lowest BCUT2D eigenvalue weighted by Crippen LogP contribution is -2.05. The minimum atomic E-state index is -0.330. The van der Waals surface area contributed by atoms with E-state index in [2.05, 4.69) is 0 Å². The number of carbonyl (C=O) groups is 1. The monoisotopic (exact) mass is 189 g/mol. The van der Waals surface area contributed by atoms with E-state index in [-0.39, 0.29) is 5.97 Å². The number of carbonyl (C=O) groups excluding carboxylic acids is 1. The SMILES string of the molecule is N#CCCCOC(=O)c1ccccc1. The highest BCUT2D eigenvalue weighted by Gasteiger charge is 2.04. The zero-order valence-corrected chi connectivity index (χ0v) is 7.77. The van der Waals surface area contributed by atoms with Gasteiger partial charge in [-0.15, -0.1) is 0 Å². The van der Waals surface area contributed by atoms with Gasteiger partial charge in [0.25, 0.3) is 0 Å². The summed E-state index contributed by atoms with van der Waals surface area (Å²) < 4.78 is 4.94. The Morgan fingerprint density at radius 2 is 2.07 bits per heavy atom. The molecule has 0 unspecified atom stereocenters. The van der Waals surface area contributed by atoms with Gasteiger partial charge < -0.3 is 4.74 Å². The second-order valence-electron chi connectivity index (χ2n) is 2.76. The van der Waals surface area contributed by atoms with Crippen molar-refractivity contribution in [2.24, 2.45) is 0 Å². The molecule has 0 aliphatic rings. The fourth-order valence-corrected chi connectivity index (χ4v) is 0.974. The van der Waals surface area contributed by atoms with Crippen LogP contribution in [0.2, 0.25) is 0 Å². The van der Waals surface area contributed by atoms with Gasteiger partial charge in [-0.3, -0.25) is 0 Å². The van der Waals surface area contributed by atoms with Crippen molar-refractivity contribution >= 4 is 5.97 Å². The highest BCUT2D eigenvalue weighted by molar-refractivity contribution is 5.89. The summed E-state index contributed by atoms with van der Waals surface area (Å²) in [5, 5.41) is 8.26. The number of unbranched alkanes of at least 4 members (excludes halogenated alkanes) is 1. The Labute approximate surface area is 82.9 Å². The Kier molecular flexibility index (Phi) is 4.22. The van der Waals surface area contributed by atoms with Gasteiger partial charge in [-0.1, -0.05) is 18.2 Å². The van der Waals surface area contributed by atoms with E-state index in [1.807, 2.05) is 12.1 Å². The molecule has 0 saturated carbocycles. The predicted molar refractivity (Wildman–Crippen MR) is 51.6 cm³/mol. The van der Waals surface area contributed by atoms with Crippen LogP contribution in [0.15, 0.2) is 30.3 Å². The molecule has 0 fully saturated rings. The van der Waals surface area contributed by atoms with E-state index >= 15 is 0 Å². The maximum atomic E-state index is 11.3. The summed E-state index contributed by atoms with van der Waals surface area (Å²) in [6.07, 6.45) is 1.01. The van der Waals surface area contributed by atoms with Crippen molar-refractivity contribution in [1.82, 2.24) is 0 Å². The number of nitriles is 1. The smallest absolute Gasteiger partial charge is 0.338 e. The van der Waals surface area contributed by atoms with Crippen molar-refractivity contribution in [3.8, 4) is 6.07 Å². The van der Waals surface area contributed by atoms with Crippen LogP contribution in [0.5, 0.6) is 0 Å². The van der Waals surface area contributed by atoms with Gasteiger partial charge in [0.1, 0.15) is 0 Å². The average molecular weight is 189 g/mol. The standard InChI is InChI=1S/C11H11NO2/c12-8-4-5-9-14-11(13)10-6-2-1-3-7-10/h1-3,6-7H,4-5,9H2. The highest BCUT2D eigenvalue weighted by atomic mass is 16.5. The fraction of sp³-hybridized carbons (Fsp3) is 0.273. The molecule has 0 heterocycles. The minimum absolute atomic E-state index is 0.307. The Morgan fingerprint density at radius 1 is 1.36 bits per heavy atom. The Balaban J connectivity index is 2.33. The molecule has 1 rings (SSSR count). The largest absolute Gasteiger partial charge is 0.462 e.